The third kappa shape index (κ3) is 3.21. The van der Waals surface area contributed by atoms with Crippen LogP contribution in [0, 0.1) is 24.6 Å². The van der Waals surface area contributed by atoms with Crippen LogP contribution in [0.25, 0.3) is 0 Å². The molecule has 1 aliphatic rings. The van der Waals surface area contributed by atoms with Gasteiger partial charge in [-0.2, -0.15) is 0 Å². The molecule has 0 radical (unpaired) electrons. The molecular weight excluding hydrogens is 213 g/mol. The Morgan fingerprint density at radius 3 is 2.65 bits per heavy atom. The van der Waals surface area contributed by atoms with Gasteiger partial charge in [0, 0.05) is 11.7 Å². The molecule has 1 nitrogen and oxygen atoms in total. The van der Waals surface area contributed by atoms with Crippen molar-refractivity contribution in [3.05, 3.63) is 29.6 Å². The van der Waals surface area contributed by atoms with Crippen molar-refractivity contribution in [1.29, 1.82) is 0 Å². The lowest BCUT2D eigenvalue weighted by molar-refractivity contribution is 0.280. The van der Waals surface area contributed by atoms with Crippen molar-refractivity contribution in [2.45, 2.75) is 46.1 Å². The Labute approximate surface area is 103 Å². The summed E-state index contributed by atoms with van der Waals surface area (Å²) >= 11 is 0. The third-order valence-electron chi connectivity index (χ3n) is 3.85. The van der Waals surface area contributed by atoms with Gasteiger partial charge in [0.1, 0.15) is 5.82 Å². The summed E-state index contributed by atoms with van der Waals surface area (Å²) in [6, 6.07) is 5.67. The summed E-state index contributed by atoms with van der Waals surface area (Å²) in [5.41, 5.74) is 1.90. The predicted octanol–water partition coefficient (Wildman–Crippen LogP) is 4.37. The zero-order valence-corrected chi connectivity index (χ0v) is 11.0. The van der Waals surface area contributed by atoms with Crippen molar-refractivity contribution >= 4 is 5.69 Å². The van der Waals surface area contributed by atoms with E-state index in [4.69, 9.17) is 0 Å². The lowest BCUT2D eigenvalue weighted by atomic mass is 9.80. The van der Waals surface area contributed by atoms with Gasteiger partial charge in [0.15, 0.2) is 0 Å². The van der Waals surface area contributed by atoms with E-state index in [1.807, 2.05) is 13.0 Å². The minimum Gasteiger partial charge on any atom is -0.382 e. The molecule has 0 amide bonds. The van der Waals surface area contributed by atoms with E-state index in [9.17, 15) is 4.39 Å². The van der Waals surface area contributed by atoms with Crippen LogP contribution < -0.4 is 5.32 Å². The van der Waals surface area contributed by atoms with Gasteiger partial charge >= 0.3 is 0 Å². The number of anilines is 1. The van der Waals surface area contributed by atoms with Gasteiger partial charge in [-0.15, -0.1) is 0 Å². The molecule has 1 aromatic rings. The van der Waals surface area contributed by atoms with Gasteiger partial charge in [-0.1, -0.05) is 20.3 Å². The summed E-state index contributed by atoms with van der Waals surface area (Å²) in [5, 5.41) is 3.50. The van der Waals surface area contributed by atoms with Crippen LogP contribution in [0.2, 0.25) is 0 Å². The number of hydrogen-bond acceptors (Lipinski definition) is 1. The Bertz CT molecular complexity index is 368. The number of hydrogen-bond donors (Lipinski definition) is 1. The quantitative estimate of drug-likeness (QED) is 0.802. The summed E-state index contributed by atoms with van der Waals surface area (Å²) in [4.78, 5) is 0. The van der Waals surface area contributed by atoms with Crippen LogP contribution in [0.3, 0.4) is 0 Å². The van der Waals surface area contributed by atoms with Crippen LogP contribution in [0.4, 0.5) is 10.1 Å². The Hall–Kier alpha value is -1.05. The Balaban J connectivity index is 2.08. The van der Waals surface area contributed by atoms with E-state index in [-0.39, 0.29) is 5.82 Å². The van der Waals surface area contributed by atoms with E-state index in [1.54, 1.807) is 12.1 Å². The smallest absolute Gasteiger partial charge is 0.125 e. The van der Waals surface area contributed by atoms with Crippen LogP contribution in [0.15, 0.2) is 18.2 Å². The number of rotatable bonds is 2. The lowest BCUT2D eigenvalue weighted by Crippen LogP contribution is -2.33. The highest BCUT2D eigenvalue weighted by Gasteiger charge is 2.25. The highest BCUT2D eigenvalue weighted by Crippen LogP contribution is 2.30. The zero-order chi connectivity index (χ0) is 12.4. The summed E-state index contributed by atoms with van der Waals surface area (Å²) in [6.07, 6.45) is 3.78. The fraction of sp³-hybridized carbons (Fsp3) is 0.600. The van der Waals surface area contributed by atoms with Crippen LogP contribution >= 0.6 is 0 Å². The third-order valence-corrected chi connectivity index (χ3v) is 3.85. The van der Waals surface area contributed by atoms with Crippen LogP contribution in [0.1, 0.15) is 38.7 Å². The highest BCUT2D eigenvalue weighted by atomic mass is 19.1. The molecule has 0 bridgehead atoms. The molecular formula is C15H22FN. The fourth-order valence-electron chi connectivity index (χ4n) is 2.77. The van der Waals surface area contributed by atoms with E-state index in [0.29, 0.717) is 12.0 Å². The monoisotopic (exact) mass is 235 g/mol. The van der Waals surface area contributed by atoms with Gasteiger partial charge < -0.3 is 5.32 Å². The first-order valence-corrected chi connectivity index (χ1v) is 6.58. The Morgan fingerprint density at radius 2 is 1.94 bits per heavy atom. The normalized spacial score (nSPS) is 29.1. The average molecular weight is 235 g/mol. The van der Waals surface area contributed by atoms with Gasteiger partial charge in [-0.25, -0.2) is 4.39 Å². The first-order valence-electron chi connectivity index (χ1n) is 6.58. The van der Waals surface area contributed by atoms with Crippen molar-refractivity contribution in [1.82, 2.24) is 0 Å². The molecule has 94 valence electrons. The molecule has 0 heterocycles. The van der Waals surface area contributed by atoms with Crippen molar-refractivity contribution in [2.24, 2.45) is 11.8 Å². The van der Waals surface area contributed by atoms with Gasteiger partial charge in [-0.3, -0.25) is 0 Å². The molecule has 0 spiro atoms. The summed E-state index contributed by atoms with van der Waals surface area (Å²) < 4.78 is 13.3. The molecule has 2 heteroatoms. The molecule has 17 heavy (non-hydrogen) atoms. The molecule has 0 aromatic heterocycles. The zero-order valence-electron chi connectivity index (χ0n) is 11.0. The van der Waals surface area contributed by atoms with Gasteiger partial charge in [0.25, 0.3) is 0 Å². The molecule has 2 rings (SSSR count). The Morgan fingerprint density at radius 1 is 1.18 bits per heavy atom. The topological polar surface area (TPSA) is 12.0 Å². The number of benzene rings is 1. The molecule has 3 unspecified atom stereocenters. The first-order chi connectivity index (χ1) is 8.04. The molecule has 3 atom stereocenters. The van der Waals surface area contributed by atoms with E-state index < -0.39 is 0 Å². The van der Waals surface area contributed by atoms with E-state index in [1.165, 1.54) is 19.3 Å². The van der Waals surface area contributed by atoms with E-state index in [0.717, 1.165) is 17.2 Å². The molecule has 1 saturated carbocycles. The second kappa shape index (κ2) is 5.07. The molecule has 1 N–H and O–H groups in total. The van der Waals surface area contributed by atoms with Crippen LogP contribution in [0.5, 0.6) is 0 Å². The van der Waals surface area contributed by atoms with Gasteiger partial charge in [0.05, 0.1) is 0 Å². The molecule has 0 aliphatic heterocycles. The Kier molecular flexibility index (Phi) is 3.70. The van der Waals surface area contributed by atoms with Crippen molar-refractivity contribution in [3.63, 3.8) is 0 Å². The summed E-state index contributed by atoms with van der Waals surface area (Å²) in [6.45, 7) is 6.52. The second-order valence-electron chi connectivity index (χ2n) is 5.66. The largest absolute Gasteiger partial charge is 0.382 e. The maximum atomic E-state index is 13.3. The minimum atomic E-state index is -0.149. The number of halogens is 1. The molecule has 1 aliphatic carbocycles. The standard InChI is InChI=1S/C15H22FN/c1-10-4-5-12(3)15(8-10)17-14-7-11(2)6-13(16)9-14/h6-7,9-10,12,15,17H,4-5,8H2,1-3H3. The minimum absolute atomic E-state index is 0.149. The SMILES string of the molecule is Cc1cc(F)cc(NC2CC(C)CCC2C)c1. The summed E-state index contributed by atoms with van der Waals surface area (Å²) in [5.74, 6) is 1.30. The van der Waals surface area contributed by atoms with Crippen molar-refractivity contribution < 1.29 is 4.39 Å². The van der Waals surface area contributed by atoms with Gasteiger partial charge in [0.2, 0.25) is 0 Å². The fourth-order valence-corrected chi connectivity index (χ4v) is 2.77. The van der Waals surface area contributed by atoms with Crippen LogP contribution in [-0.2, 0) is 0 Å². The maximum Gasteiger partial charge on any atom is 0.125 e. The lowest BCUT2D eigenvalue weighted by Gasteiger charge is -2.34. The van der Waals surface area contributed by atoms with Crippen LogP contribution in [-0.4, -0.2) is 6.04 Å². The number of aryl methyl sites for hydroxylation is 1. The first kappa shape index (κ1) is 12.4. The molecule has 0 saturated heterocycles. The predicted molar refractivity (Wildman–Crippen MR) is 70.7 cm³/mol. The van der Waals surface area contributed by atoms with E-state index >= 15 is 0 Å². The van der Waals surface area contributed by atoms with E-state index in [2.05, 4.69) is 19.2 Å². The average Bonchev–Trinajstić information content (AvgIpc) is 2.22. The molecule has 1 fully saturated rings. The summed E-state index contributed by atoms with van der Waals surface area (Å²) in [7, 11) is 0. The second-order valence-corrected chi connectivity index (χ2v) is 5.66. The van der Waals surface area contributed by atoms with Gasteiger partial charge in [-0.05, 0) is 55.4 Å². The van der Waals surface area contributed by atoms with Crippen molar-refractivity contribution in [3.8, 4) is 0 Å². The maximum absolute atomic E-state index is 13.3. The highest BCUT2D eigenvalue weighted by molar-refractivity contribution is 5.47. The number of nitrogens with one attached hydrogen (secondary N) is 1. The van der Waals surface area contributed by atoms with Crippen molar-refractivity contribution in [2.75, 3.05) is 5.32 Å². The molecule has 1 aromatic carbocycles.